The molecule has 2 unspecified atom stereocenters. The lowest BCUT2D eigenvalue weighted by Gasteiger charge is -2.32. The van der Waals surface area contributed by atoms with Gasteiger partial charge in [0.15, 0.2) is 0 Å². The number of nitrogens with zero attached hydrogens (tertiary/aromatic N) is 3. The molecule has 0 saturated carbocycles. The number of carbonyl (C=O) groups is 1. The SMILES string of the molecule is Cc1c(NC(=O)Oc2ccc(N(C)C)cc2)c([Si](C)(C)C)cc2c1C1(C)CCN(C)C1N2C. The van der Waals surface area contributed by atoms with Gasteiger partial charge in [0, 0.05) is 50.2 Å². The van der Waals surface area contributed by atoms with Gasteiger partial charge in [-0.1, -0.05) is 26.6 Å². The van der Waals surface area contributed by atoms with Gasteiger partial charge in [-0.3, -0.25) is 10.2 Å². The van der Waals surface area contributed by atoms with Crippen molar-refractivity contribution in [2.45, 2.75) is 51.5 Å². The van der Waals surface area contributed by atoms with Crippen molar-refractivity contribution in [2.24, 2.45) is 0 Å². The van der Waals surface area contributed by atoms with E-state index in [2.05, 4.69) is 68.8 Å². The first kappa shape index (κ1) is 23.6. The molecule has 2 atom stereocenters. The number of fused-ring (bicyclic) bond motifs is 3. The van der Waals surface area contributed by atoms with Crippen LogP contribution in [0.4, 0.5) is 21.9 Å². The second-order valence-electron chi connectivity index (χ2n) is 11.1. The second-order valence-corrected chi connectivity index (χ2v) is 16.1. The summed E-state index contributed by atoms with van der Waals surface area (Å²) in [6.07, 6.45) is 1.02. The molecule has 4 rings (SSSR count). The van der Waals surface area contributed by atoms with E-state index >= 15 is 0 Å². The van der Waals surface area contributed by atoms with Crippen LogP contribution in [0, 0.1) is 6.92 Å². The van der Waals surface area contributed by atoms with Crippen LogP contribution in [0.3, 0.4) is 0 Å². The van der Waals surface area contributed by atoms with Crippen molar-refractivity contribution < 1.29 is 9.53 Å². The van der Waals surface area contributed by atoms with E-state index in [-0.39, 0.29) is 5.41 Å². The molecule has 1 saturated heterocycles. The van der Waals surface area contributed by atoms with Gasteiger partial charge in [-0.15, -0.1) is 0 Å². The Morgan fingerprint density at radius 3 is 2.39 bits per heavy atom. The molecule has 6 nitrogen and oxygen atoms in total. The van der Waals surface area contributed by atoms with Gasteiger partial charge in [0.05, 0.1) is 14.2 Å². The summed E-state index contributed by atoms with van der Waals surface area (Å²) in [5.74, 6) is 0.538. The molecule has 2 heterocycles. The number of nitrogens with one attached hydrogen (secondary N) is 1. The Morgan fingerprint density at radius 2 is 1.82 bits per heavy atom. The van der Waals surface area contributed by atoms with Gasteiger partial charge < -0.3 is 14.5 Å². The molecular formula is C26H38N4O2Si. The van der Waals surface area contributed by atoms with Crippen molar-refractivity contribution in [2.75, 3.05) is 49.9 Å². The van der Waals surface area contributed by atoms with Crippen molar-refractivity contribution in [3.8, 4) is 5.75 Å². The minimum absolute atomic E-state index is 0.0449. The average Bonchev–Trinajstić information content (AvgIpc) is 3.14. The molecule has 2 aliphatic rings. The first-order valence-electron chi connectivity index (χ1n) is 11.7. The smallest absolute Gasteiger partial charge is 0.410 e. The Labute approximate surface area is 199 Å². The Hall–Kier alpha value is -2.51. The van der Waals surface area contributed by atoms with E-state index in [4.69, 9.17) is 4.74 Å². The van der Waals surface area contributed by atoms with Gasteiger partial charge >= 0.3 is 6.09 Å². The van der Waals surface area contributed by atoms with E-state index in [1.165, 1.54) is 22.0 Å². The monoisotopic (exact) mass is 466 g/mol. The molecule has 0 aromatic heterocycles. The number of likely N-dealkylation sites (N-methyl/N-ethyl adjacent to an activating group) is 2. The maximum absolute atomic E-state index is 13.0. The molecule has 0 radical (unpaired) electrons. The zero-order valence-electron chi connectivity index (χ0n) is 21.5. The summed E-state index contributed by atoms with van der Waals surface area (Å²) in [7, 11) is 6.65. The zero-order valence-corrected chi connectivity index (χ0v) is 22.5. The van der Waals surface area contributed by atoms with Crippen LogP contribution in [0.5, 0.6) is 5.75 Å². The molecule has 178 valence electrons. The molecule has 0 spiro atoms. The predicted octanol–water partition coefficient (Wildman–Crippen LogP) is 4.59. The first-order chi connectivity index (χ1) is 15.3. The van der Waals surface area contributed by atoms with Gasteiger partial charge in [0.25, 0.3) is 0 Å². The Bertz CT molecular complexity index is 1080. The lowest BCUT2D eigenvalue weighted by Crippen LogP contribution is -2.45. The minimum Gasteiger partial charge on any atom is -0.410 e. The van der Waals surface area contributed by atoms with E-state index < -0.39 is 14.2 Å². The van der Waals surface area contributed by atoms with Gasteiger partial charge in [-0.2, -0.15) is 0 Å². The number of amides is 1. The topological polar surface area (TPSA) is 48.1 Å². The van der Waals surface area contributed by atoms with Crippen LogP contribution in [0.25, 0.3) is 0 Å². The highest BCUT2D eigenvalue weighted by atomic mass is 28.3. The molecule has 1 amide bonds. The largest absolute Gasteiger partial charge is 0.417 e. The summed E-state index contributed by atoms with van der Waals surface area (Å²) in [6, 6.07) is 9.90. The lowest BCUT2D eigenvalue weighted by molar-refractivity contribution is 0.215. The van der Waals surface area contributed by atoms with Crippen molar-refractivity contribution >= 4 is 36.4 Å². The van der Waals surface area contributed by atoms with E-state index in [0.717, 1.165) is 24.3 Å². The van der Waals surface area contributed by atoms with Crippen LogP contribution in [0.1, 0.15) is 24.5 Å². The van der Waals surface area contributed by atoms with Gasteiger partial charge in [0.1, 0.15) is 5.75 Å². The second kappa shape index (κ2) is 8.06. The highest BCUT2D eigenvalue weighted by Gasteiger charge is 2.53. The fraction of sp³-hybridized carbons (Fsp3) is 0.500. The van der Waals surface area contributed by atoms with Crippen LogP contribution in [0.15, 0.2) is 30.3 Å². The normalized spacial score (nSPS) is 22.2. The fourth-order valence-electron chi connectivity index (χ4n) is 5.85. The third-order valence-corrected chi connectivity index (χ3v) is 9.45. The van der Waals surface area contributed by atoms with Gasteiger partial charge in [-0.25, -0.2) is 4.79 Å². The number of rotatable bonds is 4. The molecule has 2 aromatic rings. The van der Waals surface area contributed by atoms with Crippen LogP contribution >= 0.6 is 0 Å². The molecule has 7 heteroatoms. The van der Waals surface area contributed by atoms with Crippen LogP contribution in [-0.2, 0) is 5.41 Å². The number of carbonyl (C=O) groups excluding carboxylic acids is 1. The zero-order chi connectivity index (χ0) is 24.3. The Kier molecular flexibility index (Phi) is 5.77. The van der Waals surface area contributed by atoms with E-state index in [1.807, 2.05) is 43.3 Å². The molecule has 33 heavy (non-hydrogen) atoms. The van der Waals surface area contributed by atoms with Gasteiger partial charge in [0.2, 0.25) is 0 Å². The highest BCUT2D eigenvalue weighted by Crippen LogP contribution is 2.53. The Morgan fingerprint density at radius 1 is 1.18 bits per heavy atom. The van der Waals surface area contributed by atoms with Crippen molar-refractivity contribution in [3.05, 3.63) is 41.5 Å². The summed E-state index contributed by atoms with van der Waals surface area (Å²) in [5, 5.41) is 4.42. The summed E-state index contributed by atoms with van der Waals surface area (Å²) < 4.78 is 5.67. The number of likely N-dealkylation sites (tertiary alicyclic amines) is 1. The standard InChI is InChI=1S/C26H38N4O2Si/c1-17-22-20(30(6)24-26(22,2)14-15-29(24)5)16-21(33(7,8)9)23(17)27-25(31)32-19-12-10-18(11-13-19)28(3)4/h10-13,16,24H,14-15H2,1-9H3,(H,27,31). The highest BCUT2D eigenvalue weighted by molar-refractivity contribution is 6.90. The van der Waals surface area contributed by atoms with Crippen molar-refractivity contribution in [3.63, 3.8) is 0 Å². The van der Waals surface area contributed by atoms with Crippen molar-refractivity contribution in [1.29, 1.82) is 0 Å². The molecule has 0 bridgehead atoms. The summed E-state index contributed by atoms with van der Waals surface area (Å²) in [4.78, 5) is 19.9. The number of hydrogen-bond donors (Lipinski definition) is 1. The third kappa shape index (κ3) is 3.91. The molecule has 0 aliphatic carbocycles. The molecular weight excluding hydrogens is 428 g/mol. The van der Waals surface area contributed by atoms with E-state index in [1.54, 1.807) is 0 Å². The van der Waals surface area contributed by atoms with Crippen LogP contribution < -0.4 is 25.0 Å². The number of hydrogen-bond acceptors (Lipinski definition) is 5. The number of anilines is 3. The first-order valence-corrected chi connectivity index (χ1v) is 15.2. The van der Waals surface area contributed by atoms with Crippen molar-refractivity contribution in [1.82, 2.24) is 4.90 Å². The molecule has 1 fully saturated rings. The van der Waals surface area contributed by atoms with E-state index in [9.17, 15) is 4.79 Å². The maximum atomic E-state index is 13.0. The quantitative estimate of drug-likeness (QED) is 0.668. The maximum Gasteiger partial charge on any atom is 0.417 e. The average molecular weight is 467 g/mol. The number of benzene rings is 2. The predicted molar refractivity (Wildman–Crippen MR) is 141 cm³/mol. The summed E-state index contributed by atoms with van der Waals surface area (Å²) in [6.45, 7) is 12.6. The number of ether oxygens (including phenoxy) is 1. The van der Waals surface area contributed by atoms with E-state index in [0.29, 0.717) is 11.9 Å². The van der Waals surface area contributed by atoms with Crippen LogP contribution in [0.2, 0.25) is 19.6 Å². The fourth-order valence-corrected chi connectivity index (χ4v) is 7.42. The minimum atomic E-state index is -1.75. The molecule has 2 aromatic carbocycles. The molecule has 2 aliphatic heterocycles. The van der Waals surface area contributed by atoms with Gasteiger partial charge in [-0.05, 0) is 67.0 Å². The lowest BCUT2D eigenvalue weighted by atomic mass is 9.79. The van der Waals surface area contributed by atoms with Crippen LogP contribution in [-0.4, -0.2) is 60.0 Å². The Balaban J connectivity index is 1.71. The molecule has 1 N–H and O–H groups in total. The third-order valence-electron chi connectivity index (χ3n) is 7.44. The summed E-state index contributed by atoms with van der Waals surface area (Å²) >= 11 is 0. The summed E-state index contributed by atoms with van der Waals surface area (Å²) in [5.41, 5.74) is 5.90.